The Hall–Kier alpha value is -4.55. The predicted octanol–water partition coefficient (Wildman–Crippen LogP) is 3.93. The molecule has 1 N–H and O–H groups in total. The minimum absolute atomic E-state index is 0.397. The molecular weight excluding hydrogens is 623 g/mol. The number of aromatic nitrogens is 3. The van der Waals surface area contributed by atoms with Crippen LogP contribution in [0.2, 0.25) is 0 Å². The molecule has 0 spiro atoms. The molecule has 2 saturated heterocycles. The van der Waals surface area contributed by atoms with Gasteiger partial charge in [0.25, 0.3) is 0 Å². The van der Waals surface area contributed by atoms with Crippen LogP contribution in [0.5, 0.6) is 0 Å². The van der Waals surface area contributed by atoms with Gasteiger partial charge < -0.3 is 19.1 Å². The van der Waals surface area contributed by atoms with E-state index in [1.807, 2.05) is 36.4 Å². The van der Waals surface area contributed by atoms with Crippen LogP contribution < -0.4 is 15.2 Å². The van der Waals surface area contributed by atoms with Crippen LogP contribution in [0.4, 0.5) is 16.8 Å². The number of rotatable bonds is 8. The molecule has 5 aromatic rings. The summed E-state index contributed by atoms with van der Waals surface area (Å²) < 4.78 is 34.3. The Morgan fingerprint density at radius 1 is 1.02 bits per heavy atom. The van der Waals surface area contributed by atoms with Crippen molar-refractivity contribution in [2.45, 2.75) is 6.54 Å². The van der Waals surface area contributed by atoms with Crippen molar-refractivity contribution in [1.29, 1.82) is 5.26 Å². The molecule has 236 valence electrons. The van der Waals surface area contributed by atoms with Crippen LogP contribution in [0, 0.1) is 11.3 Å². The molecule has 0 radical (unpaired) electrons. The summed E-state index contributed by atoms with van der Waals surface area (Å²) in [5.41, 5.74) is 7.59. The largest absolute Gasteiger partial charge is 0.378 e. The molecule has 0 atom stereocenters. The van der Waals surface area contributed by atoms with Gasteiger partial charge in [0.15, 0.2) is 5.82 Å². The normalized spacial score (nSPS) is 16.4. The van der Waals surface area contributed by atoms with Gasteiger partial charge in [-0.25, -0.2) is 18.8 Å². The fraction of sp³-hybridized carbons (Fsp3) is 0.312. The van der Waals surface area contributed by atoms with Gasteiger partial charge in [0.05, 0.1) is 52.5 Å². The fourth-order valence-electron chi connectivity index (χ4n) is 5.94. The number of piperazine rings is 1. The highest BCUT2D eigenvalue weighted by Gasteiger charge is 2.26. The van der Waals surface area contributed by atoms with E-state index in [1.165, 1.54) is 10.6 Å². The van der Waals surface area contributed by atoms with Crippen LogP contribution >= 0.6 is 11.3 Å². The lowest BCUT2D eigenvalue weighted by atomic mass is 10.1. The molecule has 3 aromatic heterocycles. The highest BCUT2D eigenvalue weighted by molar-refractivity contribution is 7.88. The van der Waals surface area contributed by atoms with Gasteiger partial charge in [0, 0.05) is 68.5 Å². The number of nitriles is 1. The molecule has 0 aliphatic carbocycles. The number of nitrogens with one attached hydrogen (secondary N) is 1. The number of sulfonamides is 1. The van der Waals surface area contributed by atoms with E-state index >= 15 is 0 Å². The Morgan fingerprint density at radius 2 is 1.83 bits per heavy atom. The zero-order valence-corrected chi connectivity index (χ0v) is 27.0. The summed E-state index contributed by atoms with van der Waals surface area (Å²) >= 11 is 1.63. The number of hydrogen-bond donors (Lipinski definition) is 1. The number of benzene rings is 2. The maximum atomic E-state index is 12.0. The molecule has 2 fully saturated rings. The van der Waals surface area contributed by atoms with Gasteiger partial charge in [0.1, 0.15) is 0 Å². The average Bonchev–Trinajstić information content (AvgIpc) is 3.66. The lowest BCUT2D eigenvalue weighted by Gasteiger charge is -2.33. The standard InChI is InChI=1S/C32H33N9O3S2/c1-46(42,43)41-11-9-38(10-12-41)29-18-27-30(45-29)31(39-13-15-44-16-14-39)36-32(35-27)37-34-20-25-22-40(28-8-3-2-7-26(25)28)21-24-6-4-5-23(17-24)19-33/h2-8,17-18,20,22H,9-16,21H2,1H3,(H,35,36,37)/b34-20+. The Labute approximate surface area is 271 Å². The van der Waals surface area contributed by atoms with Crippen LogP contribution in [-0.2, 0) is 21.3 Å². The monoisotopic (exact) mass is 655 g/mol. The predicted molar refractivity (Wildman–Crippen MR) is 182 cm³/mol. The van der Waals surface area contributed by atoms with E-state index in [4.69, 9.17) is 14.7 Å². The van der Waals surface area contributed by atoms with Crippen molar-refractivity contribution in [2.24, 2.45) is 5.10 Å². The van der Waals surface area contributed by atoms with E-state index in [0.29, 0.717) is 57.4 Å². The summed E-state index contributed by atoms with van der Waals surface area (Å²) in [4.78, 5) is 14.2. The maximum Gasteiger partial charge on any atom is 0.246 e. The van der Waals surface area contributed by atoms with Crippen LogP contribution in [0.25, 0.3) is 21.1 Å². The maximum absolute atomic E-state index is 12.0. The van der Waals surface area contributed by atoms with Crippen molar-refractivity contribution in [3.63, 3.8) is 0 Å². The summed E-state index contributed by atoms with van der Waals surface area (Å²) in [6, 6.07) is 20.1. The number of anilines is 3. The summed E-state index contributed by atoms with van der Waals surface area (Å²) in [6.07, 6.45) is 5.11. The molecule has 0 saturated carbocycles. The Kier molecular flexibility index (Phi) is 8.31. The molecular formula is C32H33N9O3S2. The molecule has 7 rings (SSSR count). The minimum Gasteiger partial charge on any atom is -0.378 e. The quantitative estimate of drug-likeness (QED) is 0.195. The number of morpholine rings is 1. The number of fused-ring (bicyclic) bond motifs is 2. The first-order valence-electron chi connectivity index (χ1n) is 15.1. The second-order valence-corrected chi connectivity index (χ2v) is 14.3. The van der Waals surface area contributed by atoms with E-state index in [1.54, 1.807) is 17.6 Å². The molecule has 2 aromatic carbocycles. The Balaban J connectivity index is 1.16. The minimum atomic E-state index is -3.20. The van der Waals surface area contributed by atoms with Crippen LogP contribution in [0.3, 0.4) is 0 Å². The van der Waals surface area contributed by atoms with Gasteiger partial charge in [-0.1, -0.05) is 30.3 Å². The lowest BCUT2D eigenvalue weighted by Crippen LogP contribution is -2.48. The fourth-order valence-corrected chi connectivity index (χ4v) is 7.94. The van der Waals surface area contributed by atoms with Gasteiger partial charge in [-0.05, 0) is 29.8 Å². The zero-order chi connectivity index (χ0) is 31.7. The van der Waals surface area contributed by atoms with Crippen molar-refractivity contribution >= 4 is 65.5 Å². The second kappa shape index (κ2) is 12.7. The third-order valence-electron chi connectivity index (χ3n) is 8.27. The number of thiophene rings is 1. The van der Waals surface area contributed by atoms with Crippen molar-refractivity contribution in [2.75, 3.05) is 74.0 Å². The van der Waals surface area contributed by atoms with Crippen molar-refractivity contribution in [3.8, 4) is 6.07 Å². The van der Waals surface area contributed by atoms with Gasteiger partial charge >= 0.3 is 0 Å². The Morgan fingerprint density at radius 3 is 2.61 bits per heavy atom. The smallest absolute Gasteiger partial charge is 0.246 e. The zero-order valence-electron chi connectivity index (χ0n) is 25.3. The average molecular weight is 656 g/mol. The summed E-state index contributed by atoms with van der Waals surface area (Å²) in [7, 11) is -3.20. The molecule has 14 heteroatoms. The lowest BCUT2D eigenvalue weighted by molar-refractivity contribution is 0.122. The third-order valence-corrected chi connectivity index (χ3v) is 10.8. The molecule has 46 heavy (non-hydrogen) atoms. The summed E-state index contributed by atoms with van der Waals surface area (Å²) in [6.45, 7) is 5.49. The molecule has 0 amide bonds. The first kappa shape index (κ1) is 30.1. The van der Waals surface area contributed by atoms with Gasteiger partial charge in [0.2, 0.25) is 16.0 Å². The molecule has 0 unspecified atom stereocenters. The summed E-state index contributed by atoms with van der Waals surface area (Å²) in [5, 5.41) is 16.0. The van der Waals surface area contributed by atoms with E-state index in [9.17, 15) is 13.7 Å². The van der Waals surface area contributed by atoms with Crippen molar-refractivity contribution in [1.82, 2.24) is 18.8 Å². The number of nitrogens with zero attached hydrogens (tertiary/aromatic N) is 8. The van der Waals surface area contributed by atoms with Gasteiger partial charge in [-0.3, -0.25) is 0 Å². The first-order chi connectivity index (χ1) is 22.4. The van der Waals surface area contributed by atoms with Gasteiger partial charge in [-0.2, -0.15) is 19.7 Å². The summed E-state index contributed by atoms with van der Waals surface area (Å²) in [5.74, 6) is 1.24. The number of hydrazone groups is 1. The highest BCUT2D eigenvalue weighted by atomic mass is 32.2. The van der Waals surface area contributed by atoms with Crippen LogP contribution in [0.1, 0.15) is 16.7 Å². The second-order valence-electron chi connectivity index (χ2n) is 11.3. The van der Waals surface area contributed by atoms with Crippen molar-refractivity contribution in [3.05, 3.63) is 77.5 Å². The third kappa shape index (κ3) is 6.27. The topological polar surface area (TPSA) is 132 Å². The van der Waals surface area contributed by atoms with Crippen molar-refractivity contribution < 1.29 is 13.2 Å². The molecule has 2 aliphatic heterocycles. The molecule has 0 bridgehead atoms. The molecule has 12 nitrogen and oxygen atoms in total. The molecule has 5 heterocycles. The van der Waals surface area contributed by atoms with E-state index < -0.39 is 10.0 Å². The first-order valence-corrected chi connectivity index (χ1v) is 17.7. The number of ether oxygens (including phenoxy) is 1. The van der Waals surface area contributed by atoms with E-state index in [0.717, 1.165) is 56.2 Å². The SMILES string of the molecule is CS(=O)(=O)N1CCN(c2cc3nc(N/N=C/c4cn(Cc5cccc(C#N)c5)c5ccccc45)nc(N4CCOCC4)c3s2)CC1. The van der Waals surface area contributed by atoms with Crippen LogP contribution in [0.15, 0.2) is 65.9 Å². The number of hydrogen-bond acceptors (Lipinski definition) is 11. The van der Waals surface area contributed by atoms with E-state index in [-0.39, 0.29) is 0 Å². The number of para-hydroxylation sites is 1. The molecule has 2 aliphatic rings. The van der Waals surface area contributed by atoms with Crippen LogP contribution in [-0.4, -0.2) is 92.2 Å². The van der Waals surface area contributed by atoms with E-state index in [2.05, 4.69) is 55.4 Å². The highest BCUT2D eigenvalue weighted by Crippen LogP contribution is 2.38. The van der Waals surface area contributed by atoms with Gasteiger partial charge in [-0.15, -0.1) is 11.3 Å². The Bertz CT molecular complexity index is 2070.